The third kappa shape index (κ3) is 4.22. The number of anilines is 1. The van der Waals surface area contributed by atoms with E-state index in [4.69, 9.17) is 4.42 Å². The van der Waals surface area contributed by atoms with E-state index in [2.05, 4.69) is 15.5 Å². The number of carbonyl (C=O) groups excluding carboxylic acids is 1. The van der Waals surface area contributed by atoms with Crippen LogP contribution in [0.2, 0.25) is 0 Å². The molecule has 8 heteroatoms. The summed E-state index contributed by atoms with van der Waals surface area (Å²) >= 11 is 0. The first kappa shape index (κ1) is 19.8. The largest absolute Gasteiger partial charge is 0.403 e. The lowest BCUT2D eigenvalue weighted by atomic mass is 9.91. The molecule has 6 nitrogen and oxygen atoms in total. The van der Waals surface area contributed by atoms with Crippen LogP contribution in [0, 0.1) is 17.6 Å². The van der Waals surface area contributed by atoms with E-state index in [1.54, 1.807) is 11.0 Å². The number of aromatic nitrogens is 2. The maximum absolute atomic E-state index is 13.9. The fourth-order valence-electron chi connectivity index (χ4n) is 3.42. The van der Waals surface area contributed by atoms with Crippen LogP contribution in [0.25, 0.3) is 17.5 Å². The third-order valence-corrected chi connectivity index (χ3v) is 5.07. The molecule has 1 saturated heterocycles. The zero-order valence-corrected chi connectivity index (χ0v) is 16.3. The highest BCUT2D eigenvalue weighted by Gasteiger charge is 2.26. The number of hydrogen-bond acceptors (Lipinski definition) is 4. The molecule has 2 amide bonds. The van der Waals surface area contributed by atoms with Gasteiger partial charge in [-0.25, -0.2) is 13.6 Å². The molecule has 0 radical (unpaired) electrons. The molecule has 0 saturated carbocycles. The molecule has 0 bridgehead atoms. The number of nitrogens with one attached hydrogen (secondary N) is 1. The zero-order valence-electron chi connectivity index (χ0n) is 16.3. The summed E-state index contributed by atoms with van der Waals surface area (Å²) in [5, 5.41) is 10.4. The topological polar surface area (TPSA) is 71.3 Å². The number of benzene rings is 2. The van der Waals surface area contributed by atoms with Gasteiger partial charge in [0, 0.05) is 24.2 Å². The minimum atomic E-state index is -0.872. The van der Waals surface area contributed by atoms with Gasteiger partial charge in [-0.15, -0.1) is 5.10 Å². The first-order valence-electron chi connectivity index (χ1n) is 9.60. The number of halogens is 2. The highest BCUT2D eigenvalue weighted by molar-refractivity contribution is 5.87. The Kier molecular flexibility index (Phi) is 5.56. The first-order valence-corrected chi connectivity index (χ1v) is 9.60. The van der Waals surface area contributed by atoms with Crippen molar-refractivity contribution in [3.8, 4) is 11.5 Å². The summed E-state index contributed by atoms with van der Waals surface area (Å²) in [4.78, 5) is 14.2. The number of nitrogens with zero attached hydrogens (tertiary/aromatic N) is 3. The second-order valence-corrected chi connectivity index (χ2v) is 7.17. The summed E-state index contributed by atoms with van der Waals surface area (Å²) in [6.45, 7) is 2.83. The number of urea groups is 1. The van der Waals surface area contributed by atoms with Crippen LogP contribution in [-0.2, 0) is 0 Å². The summed E-state index contributed by atoms with van der Waals surface area (Å²) in [6, 6.07) is 13.0. The summed E-state index contributed by atoms with van der Waals surface area (Å²) in [5.74, 6) is -1.42. The lowest BCUT2D eigenvalue weighted by Crippen LogP contribution is -2.42. The summed E-state index contributed by atoms with van der Waals surface area (Å²) in [5.41, 5.74) is 1.94. The van der Waals surface area contributed by atoms with Crippen LogP contribution in [0.1, 0.15) is 18.9 Å². The highest BCUT2D eigenvalue weighted by Crippen LogP contribution is 2.27. The minimum absolute atomic E-state index is 0.00488. The van der Waals surface area contributed by atoms with E-state index in [1.807, 2.05) is 37.3 Å². The molecule has 1 N–H and O–H groups in total. The fraction of sp³-hybridized carbons (Fsp3) is 0.227. The fourth-order valence-corrected chi connectivity index (χ4v) is 3.42. The van der Waals surface area contributed by atoms with E-state index < -0.39 is 11.6 Å². The number of hydrogen-bond donors (Lipinski definition) is 1. The Bertz CT molecular complexity index is 1080. The van der Waals surface area contributed by atoms with E-state index in [9.17, 15) is 13.6 Å². The highest BCUT2D eigenvalue weighted by atomic mass is 19.2. The molecule has 4 rings (SSSR count). The average Bonchev–Trinajstić information content (AvgIpc) is 3.22. The van der Waals surface area contributed by atoms with Crippen LogP contribution in [0.5, 0.6) is 0 Å². The molecule has 1 aromatic heterocycles. The number of carbonyl (C=O) groups is 1. The van der Waals surface area contributed by atoms with Crippen LogP contribution in [0.4, 0.5) is 19.6 Å². The molecule has 0 spiro atoms. The van der Waals surface area contributed by atoms with Crippen molar-refractivity contribution >= 4 is 18.1 Å². The van der Waals surface area contributed by atoms with Crippen molar-refractivity contribution in [3.63, 3.8) is 0 Å². The van der Waals surface area contributed by atoms with Crippen molar-refractivity contribution in [2.45, 2.75) is 13.3 Å². The number of rotatable bonds is 3. The lowest BCUT2D eigenvalue weighted by molar-refractivity contribution is 0.197. The summed E-state index contributed by atoms with van der Waals surface area (Å²) < 4.78 is 32.9. The van der Waals surface area contributed by atoms with Crippen molar-refractivity contribution in [1.82, 2.24) is 15.1 Å². The Balaban J connectivity index is 1.40. The van der Waals surface area contributed by atoms with E-state index in [0.29, 0.717) is 25.4 Å². The third-order valence-electron chi connectivity index (χ3n) is 5.07. The normalized spacial score (nSPS) is 17.9. The standard InChI is InChI=1S/C22H20F2N4O2/c1-14-13-28(11-10-16(14)12-17-8-5-9-18(23)19(17)24)22(29)25-21-27-26-20(30-21)15-6-3-2-4-7-15/h2-9,12,14H,10-11,13H2,1H3,(H,25,27,29)/b16-12+. The van der Waals surface area contributed by atoms with Crippen LogP contribution in [-0.4, -0.2) is 34.2 Å². The second-order valence-electron chi connectivity index (χ2n) is 7.17. The number of piperidine rings is 1. The van der Waals surface area contributed by atoms with Crippen LogP contribution < -0.4 is 5.32 Å². The van der Waals surface area contributed by atoms with Gasteiger partial charge in [0.15, 0.2) is 11.6 Å². The monoisotopic (exact) mass is 410 g/mol. The molecule has 1 fully saturated rings. The molecule has 1 aliphatic rings. The van der Waals surface area contributed by atoms with Gasteiger partial charge < -0.3 is 9.32 Å². The minimum Gasteiger partial charge on any atom is -0.403 e. The van der Waals surface area contributed by atoms with Gasteiger partial charge in [-0.1, -0.05) is 54.0 Å². The van der Waals surface area contributed by atoms with Gasteiger partial charge in [-0.05, 0) is 30.5 Å². The predicted molar refractivity (Wildman–Crippen MR) is 108 cm³/mol. The zero-order chi connectivity index (χ0) is 21.1. The quantitative estimate of drug-likeness (QED) is 0.662. The Labute approximate surface area is 172 Å². The van der Waals surface area contributed by atoms with E-state index >= 15 is 0 Å². The number of amides is 2. The maximum atomic E-state index is 13.9. The predicted octanol–water partition coefficient (Wildman–Crippen LogP) is 4.97. The lowest BCUT2D eigenvalue weighted by Gasteiger charge is -2.32. The van der Waals surface area contributed by atoms with Gasteiger partial charge in [0.05, 0.1) is 0 Å². The molecular formula is C22H20F2N4O2. The molecular weight excluding hydrogens is 390 g/mol. The molecule has 1 unspecified atom stereocenters. The van der Waals surface area contributed by atoms with Gasteiger partial charge in [0.25, 0.3) is 0 Å². The molecule has 1 atom stereocenters. The van der Waals surface area contributed by atoms with Crippen LogP contribution in [0.15, 0.2) is 58.5 Å². The first-order chi connectivity index (χ1) is 14.5. The van der Waals surface area contributed by atoms with Crippen LogP contribution in [0.3, 0.4) is 0 Å². The molecule has 3 aromatic rings. The Morgan fingerprint density at radius 2 is 1.97 bits per heavy atom. The van der Waals surface area contributed by atoms with Gasteiger partial charge >= 0.3 is 12.0 Å². The summed E-state index contributed by atoms with van der Waals surface area (Å²) in [6.07, 6.45) is 2.23. The van der Waals surface area contributed by atoms with Gasteiger partial charge in [-0.2, -0.15) is 0 Å². The molecule has 0 aliphatic carbocycles. The Hall–Kier alpha value is -3.55. The maximum Gasteiger partial charge on any atom is 0.325 e. The molecule has 154 valence electrons. The van der Waals surface area contributed by atoms with Crippen molar-refractivity contribution < 1.29 is 18.0 Å². The van der Waals surface area contributed by atoms with Gasteiger partial charge in [0.2, 0.25) is 5.89 Å². The molecule has 2 aromatic carbocycles. The molecule has 1 aliphatic heterocycles. The van der Waals surface area contributed by atoms with Crippen LogP contribution >= 0.6 is 0 Å². The molecule has 2 heterocycles. The van der Waals surface area contributed by atoms with E-state index in [0.717, 1.165) is 17.2 Å². The Morgan fingerprint density at radius 3 is 2.73 bits per heavy atom. The van der Waals surface area contributed by atoms with E-state index in [1.165, 1.54) is 12.1 Å². The summed E-state index contributed by atoms with van der Waals surface area (Å²) in [7, 11) is 0. The molecule has 30 heavy (non-hydrogen) atoms. The van der Waals surface area contributed by atoms with E-state index in [-0.39, 0.29) is 23.5 Å². The van der Waals surface area contributed by atoms with Crippen molar-refractivity contribution in [3.05, 3.63) is 71.3 Å². The van der Waals surface area contributed by atoms with Crippen molar-refractivity contribution in [1.29, 1.82) is 0 Å². The van der Waals surface area contributed by atoms with Gasteiger partial charge in [0.1, 0.15) is 0 Å². The van der Waals surface area contributed by atoms with Gasteiger partial charge in [-0.3, -0.25) is 5.32 Å². The average molecular weight is 410 g/mol. The smallest absolute Gasteiger partial charge is 0.325 e. The van der Waals surface area contributed by atoms with Crippen molar-refractivity contribution in [2.75, 3.05) is 18.4 Å². The van der Waals surface area contributed by atoms with Crippen molar-refractivity contribution in [2.24, 2.45) is 5.92 Å². The second kappa shape index (κ2) is 8.44. The number of likely N-dealkylation sites (tertiary alicyclic amines) is 1. The SMILES string of the molecule is CC1CN(C(=O)Nc2nnc(-c3ccccc3)o2)CC/C1=C\c1cccc(F)c1F. The Morgan fingerprint density at radius 1 is 1.17 bits per heavy atom.